The van der Waals surface area contributed by atoms with Crippen LogP contribution < -0.4 is 0 Å². The number of carbonyl (C=O) groups excluding carboxylic acids is 2. The molecule has 0 N–H and O–H groups in total. The second kappa shape index (κ2) is 4.44. The van der Waals surface area contributed by atoms with Crippen LogP contribution in [0.4, 0.5) is 0 Å². The molecule has 0 aromatic rings. The average molecular weight is 228 g/mol. The molecule has 0 amide bonds. The van der Waals surface area contributed by atoms with Crippen LogP contribution in [0.25, 0.3) is 0 Å². The Kier molecular flexibility index (Phi) is 3.61. The summed E-state index contributed by atoms with van der Waals surface area (Å²) in [5.74, 6) is -0.254. The van der Waals surface area contributed by atoms with Crippen LogP contribution >= 0.6 is 0 Å². The van der Waals surface area contributed by atoms with Crippen LogP contribution in [0.15, 0.2) is 0 Å². The molecule has 92 valence electrons. The normalized spacial score (nSPS) is 28.1. The van der Waals surface area contributed by atoms with Crippen LogP contribution in [-0.2, 0) is 19.1 Å². The third-order valence-corrected chi connectivity index (χ3v) is 3.46. The number of ether oxygens (including phenoxy) is 2. The van der Waals surface area contributed by atoms with E-state index in [2.05, 4.69) is 0 Å². The highest BCUT2D eigenvalue weighted by molar-refractivity contribution is 5.77. The molecule has 1 aliphatic rings. The first-order valence-electron chi connectivity index (χ1n) is 5.55. The SMILES string of the molecule is COC(=O)[C@H]1[C@@H](CC(C)OC(C)=O)C1(C)C. The Hall–Kier alpha value is -1.06. The molecule has 0 heterocycles. The molecule has 4 heteroatoms. The van der Waals surface area contributed by atoms with E-state index in [0.29, 0.717) is 6.42 Å². The van der Waals surface area contributed by atoms with Gasteiger partial charge in [-0.2, -0.15) is 0 Å². The van der Waals surface area contributed by atoms with Crippen LogP contribution in [-0.4, -0.2) is 25.2 Å². The van der Waals surface area contributed by atoms with Crippen LogP contribution in [0, 0.1) is 17.3 Å². The molecular formula is C12H20O4. The fourth-order valence-corrected chi connectivity index (χ4v) is 2.47. The summed E-state index contributed by atoms with van der Waals surface area (Å²) >= 11 is 0. The molecule has 0 spiro atoms. The molecule has 0 saturated heterocycles. The minimum absolute atomic E-state index is 0.0402. The summed E-state index contributed by atoms with van der Waals surface area (Å²) in [6.45, 7) is 7.33. The Morgan fingerprint density at radius 3 is 2.38 bits per heavy atom. The van der Waals surface area contributed by atoms with E-state index in [1.165, 1.54) is 14.0 Å². The van der Waals surface area contributed by atoms with Gasteiger partial charge >= 0.3 is 11.9 Å². The lowest BCUT2D eigenvalue weighted by Crippen LogP contribution is -2.14. The maximum absolute atomic E-state index is 11.5. The lowest BCUT2D eigenvalue weighted by atomic mass is 10.1. The van der Waals surface area contributed by atoms with Gasteiger partial charge in [-0.1, -0.05) is 13.8 Å². The second-order valence-electron chi connectivity index (χ2n) is 5.08. The maximum atomic E-state index is 11.5. The number of methoxy groups -OCH3 is 1. The van der Waals surface area contributed by atoms with Gasteiger partial charge in [-0.05, 0) is 24.7 Å². The van der Waals surface area contributed by atoms with Crippen molar-refractivity contribution in [1.29, 1.82) is 0 Å². The van der Waals surface area contributed by atoms with Gasteiger partial charge in [-0.25, -0.2) is 0 Å². The molecular weight excluding hydrogens is 208 g/mol. The molecule has 1 saturated carbocycles. The summed E-state index contributed by atoms with van der Waals surface area (Å²) < 4.78 is 9.82. The monoisotopic (exact) mass is 228 g/mol. The van der Waals surface area contributed by atoms with Crippen molar-refractivity contribution in [3.8, 4) is 0 Å². The maximum Gasteiger partial charge on any atom is 0.309 e. The fourth-order valence-electron chi connectivity index (χ4n) is 2.47. The van der Waals surface area contributed by atoms with E-state index >= 15 is 0 Å². The van der Waals surface area contributed by atoms with Crippen molar-refractivity contribution in [2.75, 3.05) is 7.11 Å². The predicted molar refractivity (Wildman–Crippen MR) is 58.6 cm³/mol. The molecule has 1 aliphatic carbocycles. The van der Waals surface area contributed by atoms with Gasteiger partial charge in [0.25, 0.3) is 0 Å². The molecule has 0 aromatic heterocycles. The quantitative estimate of drug-likeness (QED) is 0.688. The summed E-state index contributed by atoms with van der Waals surface area (Å²) in [6.07, 6.45) is 0.572. The number of hydrogen-bond acceptors (Lipinski definition) is 4. The zero-order valence-electron chi connectivity index (χ0n) is 10.6. The molecule has 4 nitrogen and oxygen atoms in total. The summed E-state index contributed by atoms with van der Waals surface area (Å²) in [4.78, 5) is 22.2. The summed E-state index contributed by atoms with van der Waals surface area (Å²) in [5.41, 5.74) is -0.0402. The average Bonchev–Trinajstić information content (AvgIpc) is 2.65. The first kappa shape index (κ1) is 13.0. The molecule has 1 unspecified atom stereocenters. The first-order chi connectivity index (χ1) is 7.30. The van der Waals surface area contributed by atoms with Gasteiger partial charge in [0, 0.05) is 6.92 Å². The zero-order chi connectivity index (χ0) is 12.5. The van der Waals surface area contributed by atoms with Crippen molar-refractivity contribution in [1.82, 2.24) is 0 Å². The molecule has 0 radical (unpaired) electrons. The van der Waals surface area contributed by atoms with E-state index in [0.717, 1.165) is 0 Å². The fraction of sp³-hybridized carbons (Fsp3) is 0.833. The van der Waals surface area contributed by atoms with E-state index in [-0.39, 0.29) is 35.3 Å². The Bertz CT molecular complexity index is 295. The minimum atomic E-state index is -0.277. The first-order valence-corrected chi connectivity index (χ1v) is 5.55. The second-order valence-corrected chi connectivity index (χ2v) is 5.08. The number of rotatable bonds is 4. The number of esters is 2. The van der Waals surface area contributed by atoms with Crippen molar-refractivity contribution < 1.29 is 19.1 Å². The largest absolute Gasteiger partial charge is 0.469 e. The molecule has 0 aromatic carbocycles. The smallest absolute Gasteiger partial charge is 0.309 e. The zero-order valence-corrected chi connectivity index (χ0v) is 10.6. The third kappa shape index (κ3) is 2.54. The van der Waals surface area contributed by atoms with E-state index in [9.17, 15) is 9.59 Å². The minimum Gasteiger partial charge on any atom is -0.469 e. The number of carbonyl (C=O) groups is 2. The van der Waals surface area contributed by atoms with Crippen molar-refractivity contribution in [3.05, 3.63) is 0 Å². The summed E-state index contributed by atoms with van der Waals surface area (Å²) in [6, 6.07) is 0. The van der Waals surface area contributed by atoms with E-state index < -0.39 is 0 Å². The van der Waals surface area contributed by atoms with Crippen molar-refractivity contribution >= 4 is 11.9 Å². The Balaban J connectivity index is 2.51. The molecule has 16 heavy (non-hydrogen) atoms. The van der Waals surface area contributed by atoms with Gasteiger partial charge in [0.2, 0.25) is 0 Å². The Labute approximate surface area is 96.3 Å². The predicted octanol–water partition coefficient (Wildman–Crippen LogP) is 1.77. The van der Waals surface area contributed by atoms with E-state index in [4.69, 9.17) is 9.47 Å². The molecule has 0 bridgehead atoms. The van der Waals surface area contributed by atoms with Gasteiger partial charge in [0.1, 0.15) is 0 Å². The van der Waals surface area contributed by atoms with Crippen molar-refractivity contribution in [2.24, 2.45) is 17.3 Å². The molecule has 0 aliphatic heterocycles. The van der Waals surface area contributed by atoms with Gasteiger partial charge in [-0.15, -0.1) is 0 Å². The van der Waals surface area contributed by atoms with E-state index in [1.807, 2.05) is 20.8 Å². The van der Waals surface area contributed by atoms with Crippen LogP contribution in [0.2, 0.25) is 0 Å². The highest BCUT2D eigenvalue weighted by Crippen LogP contribution is 2.60. The lowest BCUT2D eigenvalue weighted by molar-refractivity contribution is -0.146. The highest BCUT2D eigenvalue weighted by atomic mass is 16.5. The Morgan fingerprint density at radius 2 is 1.94 bits per heavy atom. The van der Waals surface area contributed by atoms with Gasteiger partial charge < -0.3 is 9.47 Å². The summed E-state index contributed by atoms with van der Waals surface area (Å²) in [5, 5.41) is 0. The van der Waals surface area contributed by atoms with Crippen molar-refractivity contribution in [3.63, 3.8) is 0 Å². The topological polar surface area (TPSA) is 52.6 Å². The standard InChI is InChI=1S/C12H20O4/c1-7(16-8(2)13)6-9-10(11(14)15-5)12(9,3)4/h7,9-10H,6H2,1-5H3/t7?,9-,10-/m1/s1. The van der Waals surface area contributed by atoms with Gasteiger partial charge in [0.15, 0.2) is 0 Å². The van der Waals surface area contributed by atoms with Crippen LogP contribution in [0.5, 0.6) is 0 Å². The highest BCUT2D eigenvalue weighted by Gasteiger charge is 2.62. The lowest BCUT2D eigenvalue weighted by Gasteiger charge is -2.11. The molecule has 1 fully saturated rings. The Morgan fingerprint density at radius 1 is 1.38 bits per heavy atom. The van der Waals surface area contributed by atoms with E-state index in [1.54, 1.807) is 0 Å². The van der Waals surface area contributed by atoms with Crippen LogP contribution in [0.1, 0.15) is 34.1 Å². The van der Waals surface area contributed by atoms with Crippen molar-refractivity contribution in [2.45, 2.75) is 40.2 Å². The van der Waals surface area contributed by atoms with Gasteiger partial charge in [-0.3, -0.25) is 9.59 Å². The molecule has 3 atom stereocenters. The number of hydrogen-bond donors (Lipinski definition) is 0. The third-order valence-electron chi connectivity index (χ3n) is 3.46. The molecule has 1 rings (SSSR count). The van der Waals surface area contributed by atoms with Crippen LogP contribution in [0.3, 0.4) is 0 Å². The van der Waals surface area contributed by atoms with Gasteiger partial charge in [0.05, 0.1) is 19.1 Å². The summed E-state index contributed by atoms with van der Waals surface area (Å²) in [7, 11) is 1.41.